The van der Waals surface area contributed by atoms with Crippen molar-refractivity contribution in [1.29, 1.82) is 0 Å². The fourth-order valence-corrected chi connectivity index (χ4v) is 2.37. The lowest BCUT2D eigenvalue weighted by molar-refractivity contribution is -0.143. The van der Waals surface area contributed by atoms with Crippen LogP contribution in [0.25, 0.3) is 0 Å². The number of aliphatic carboxylic acids is 1. The van der Waals surface area contributed by atoms with Crippen LogP contribution in [-0.2, 0) is 14.9 Å². The number of hydrogen-bond donors (Lipinski definition) is 1. The van der Waals surface area contributed by atoms with Crippen molar-refractivity contribution >= 4 is 21.9 Å². The minimum Gasteiger partial charge on any atom is -0.481 e. The number of carboxylic acids is 1. The van der Waals surface area contributed by atoms with Crippen molar-refractivity contribution in [3.63, 3.8) is 0 Å². The van der Waals surface area contributed by atoms with E-state index in [1.165, 1.54) is 0 Å². The van der Waals surface area contributed by atoms with Crippen molar-refractivity contribution in [3.8, 4) is 0 Å². The van der Waals surface area contributed by atoms with Crippen molar-refractivity contribution in [1.82, 2.24) is 0 Å². The fourth-order valence-electron chi connectivity index (χ4n) is 1.97. The molecule has 0 spiro atoms. The van der Waals surface area contributed by atoms with Crippen LogP contribution in [0.3, 0.4) is 0 Å². The third-order valence-electron chi connectivity index (χ3n) is 3.47. The number of hydrogen-bond acceptors (Lipinski definition) is 2. The molecule has 1 aromatic rings. The van der Waals surface area contributed by atoms with Gasteiger partial charge in [0.1, 0.15) is 0 Å². The summed E-state index contributed by atoms with van der Waals surface area (Å²) in [5.74, 6) is -0.813. The Morgan fingerprint density at radius 1 is 1.60 bits per heavy atom. The van der Waals surface area contributed by atoms with Gasteiger partial charge in [0.15, 0.2) is 0 Å². The molecule has 0 fully saturated rings. The predicted octanol–water partition coefficient (Wildman–Crippen LogP) is 4.16. The summed E-state index contributed by atoms with van der Waals surface area (Å²) in [7, 11) is 0. The highest BCUT2D eigenvalue weighted by atomic mass is 79.9. The molecule has 110 valence electrons. The molecule has 0 aliphatic carbocycles. The molecule has 0 aliphatic rings. The van der Waals surface area contributed by atoms with Crippen LogP contribution in [-0.4, -0.2) is 23.8 Å². The normalized spacial score (nSPS) is 15.3. The van der Waals surface area contributed by atoms with E-state index in [9.17, 15) is 9.90 Å². The van der Waals surface area contributed by atoms with Gasteiger partial charge in [-0.1, -0.05) is 34.1 Å². The van der Waals surface area contributed by atoms with Crippen molar-refractivity contribution in [3.05, 3.63) is 47.0 Å². The van der Waals surface area contributed by atoms with E-state index in [0.717, 1.165) is 10.0 Å². The maximum atomic E-state index is 11.6. The van der Waals surface area contributed by atoms with E-state index in [2.05, 4.69) is 22.5 Å². The van der Waals surface area contributed by atoms with E-state index in [1.54, 1.807) is 13.0 Å². The number of ether oxygens (including phenoxy) is 1. The van der Waals surface area contributed by atoms with Gasteiger partial charge in [-0.05, 0) is 44.4 Å². The van der Waals surface area contributed by atoms with Crippen LogP contribution >= 0.6 is 15.9 Å². The number of rotatable bonds is 8. The van der Waals surface area contributed by atoms with E-state index in [-0.39, 0.29) is 6.10 Å². The molecule has 0 saturated carbocycles. The Kier molecular flexibility index (Phi) is 6.43. The lowest BCUT2D eigenvalue weighted by Crippen LogP contribution is -2.32. The third kappa shape index (κ3) is 4.46. The van der Waals surface area contributed by atoms with Gasteiger partial charge in [-0.15, -0.1) is 6.58 Å². The molecule has 20 heavy (non-hydrogen) atoms. The van der Waals surface area contributed by atoms with Gasteiger partial charge in [-0.3, -0.25) is 4.79 Å². The molecule has 4 heteroatoms. The molecule has 0 amide bonds. The first-order valence-electron chi connectivity index (χ1n) is 6.63. The first-order chi connectivity index (χ1) is 9.40. The fraction of sp³-hybridized carbons (Fsp3) is 0.438. The molecule has 0 aromatic heterocycles. The number of halogens is 1. The summed E-state index contributed by atoms with van der Waals surface area (Å²) in [4.78, 5) is 11.6. The molecular formula is C16H21BrO3. The zero-order valence-corrected chi connectivity index (χ0v) is 13.5. The standard InChI is InChI=1S/C16H21BrO3/c1-4-12(2)20-10-6-9-16(3,15(18)19)13-7-5-8-14(17)11-13/h4-5,7-8,11-12H,1,6,9-10H2,2-3H3,(H,18,19). The van der Waals surface area contributed by atoms with Gasteiger partial charge < -0.3 is 9.84 Å². The van der Waals surface area contributed by atoms with Gasteiger partial charge in [0.05, 0.1) is 11.5 Å². The highest BCUT2D eigenvalue weighted by molar-refractivity contribution is 9.10. The van der Waals surface area contributed by atoms with Gasteiger partial charge in [0.2, 0.25) is 0 Å². The van der Waals surface area contributed by atoms with Crippen LogP contribution in [0.15, 0.2) is 41.4 Å². The zero-order valence-electron chi connectivity index (χ0n) is 11.9. The van der Waals surface area contributed by atoms with Gasteiger partial charge in [0, 0.05) is 11.1 Å². The molecule has 1 rings (SSSR count). The second kappa shape index (κ2) is 7.60. The van der Waals surface area contributed by atoms with Gasteiger partial charge in [0.25, 0.3) is 0 Å². The second-order valence-electron chi connectivity index (χ2n) is 5.06. The highest BCUT2D eigenvalue weighted by Crippen LogP contribution is 2.31. The highest BCUT2D eigenvalue weighted by Gasteiger charge is 2.34. The topological polar surface area (TPSA) is 46.5 Å². The van der Waals surface area contributed by atoms with E-state index < -0.39 is 11.4 Å². The summed E-state index contributed by atoms with van der Waals surface area (Å²) in [5, 5.41) is 9.56. The quantitative estimate of drug-likeness (QED) is 0.570. The number of benzene rings is 1. The summed E-state index contributed by atoms with van der Waals surface area (Å²) in [6.07, 6.45) is 2.94. The Morgan fingerprint density at radius 2 is 2.30 bits per heavy atom. The molecular weight excluding hydrogens is 320 g/mol. The largest absolute Gasteiger partial charge is 0.481 e. The molecule has 0 aliphatic heterocycles. The number of carbonyl (C=O) groups is 1. The summed E-state index contributed by atoms with van der Waals surface area (Å²) < 4.78 is 6.39. The van der Waals surface area contributed by atoms with E-state index in [4.69, 9.17) is 4.74 Å². The van der Waals surface area contributed by atoms with Crippen molar-refractivity contribution in [2.75, 3.05) is 6.61 Å². The Labute approximate surface area is 128 Å². The molecule has 0 bridgehead atoms. The van der Waals surface area contributed by atoms with Crippen LogP contribution in [0, 0.1) is 0 Å². The SMILES string of the molecule is C=CC(C)OCCCC(C)(C(=O)O)c1cccc(Br)c1. The molecule has 0 saturated heterocycles. The van der Waals surface area contributed by atoms with Gasteiger partial charge in [-0.2, -0.15) is 0 Å². The van der Waals surface area contributed by atoms with E-state index in [1.807, 2.05) is 31.2 Å². The molecule has 0 heterocycles. The third-order valence-corrected chi connectivity index (χ3v) is 3.96. The first kappa shape index (κ1) is 16.9. The van der Waals surface area contributed by atoms with Crippen molar-refractivity contribution in [2.45, 2.75) is 38.2 Å². The molecule has 3 nitrogen and oxygen atoms in total. The summed E-state index contributed by atoms with van der Waals surface area (Å²) >= 11 is 3.39. The Balaban J connectivity index is 2.73. The second-order valence-corrected chi connectivity index (χ2v) is 5.98. The van der Waals surface area contributed by atoms with Crippen LogP contribution in [0.4, 0.5) is 0 Å². The summed E-state index contributed by atoms with van der Waals surface area (Å²) in [6, 6.07) is 7.46. The van der Waals surface area contributed by atoms with E-state index >= 15 is 0 Å². The zero-order chi connectivity index (χ0) is 15.2. The lowest BCUT2D eigenvalue weighted by Gasteiger charge is -2.25. The maximum absolute atomic E-state index is 11.6. The maximum Gasteiger partial charge on any atom is 0.313 e. The Bertz CT molecular complexity index is 473. The van der Waals surface area contributed by atoms with Crippen LogP contribution in [0.5, 0.6) is 0 Å². The molecule has 2 unspecified atom stereocenters. The Hall–Kier alpha value is -1.13. The lowest BCUT2D eigenvalue weighted by atomic mass is 9.78. The summed E-state index contributed by atoms with van der Waals surface area (Å²) in [5.41, 5.74) is -0.0963. The Morgan fingerprint density at radius 3 is 2.85 bits per heavy atom. The number of carboxylic acid groups (broad SMARTS) is 1. The van der Waals surface area contributed by atoms with Crippen molar-refractivity contribution in [2.24, 2.45) is 0 Å². The first-order valence-corrected chi connectivity index (χ1v) is 7.43. The van der Waals surface area contributed by atoms with Gasteiger partial charge >= 0.3 is 5.97 Å². The monoisotopic (exact) mass is 340 g/mol. The van der Waals surface area contributed by atoms with Gasteiger partial charge in [-0.25, -0.2) is 0 Å². The molecule has 1 aromatic carbocycles. The van der Waals surface area contributed by atoms with Crippen LogP contribution in [0.2, 0.25) is 0 Å². The van der Waals surface area contributed by atoms with Crippen LogP contribution < -0.4 is 0 Å². The average molecular weight is 341 g/mol. The van der Waals surface area contributed by atoms with Crippen LogP contribution in [0.1, 0.15) is 32.3 Å². The van der Waals surface area contributed by atoms with E-state index in [0.29, 0.717) is 19.4 Å². The predicted molar refractivity (Wildman–Crippen MR) is 84.0 cm³/mol. The average Bonchev–Trinajstić information content (AvgIpc) is 2.42. The smallest absolute Gasteiger partial charge is 0.313 e. The minimum atomic E-state index is -0.898. The summed E-state index contributed by atoms with van der Waals surface area (Å²) in [6.45, 7) is 7.85. The molecule has 0 radical (unpaired) electrons. The molecule has 1 N–H and O–H groups in total. The minimum absolute atomic E-state index is 0.00282. The van der Waals surface area contributed by atoms with Crippen molar-refractivity contribution < 1.29 is 14.6 Å². The molecule has 2 atom stereocenters.